The van der Waals surface area contributed by atoms with E-state index in [4.69, 9.17) is 0 Å². The van der Waals surface area contributed by atoms with Crippen LogP contribution in [-0.2, 0) is 0 Å². The maximum absolute atomic E-state index is 2.57. The fourth-order valence-corrected chi connectivity index (χ4v) is 8.85. The van der Waals surface area contributed by atoms with Crippen LogP contribution in [0.1, 0.15) is 281 Å². The molecule has 0 spiro atoms. The van der Waals surface area contributed by atoms with Gasteiger partial charge in [-0.3, -0.25) is 0 Å². The van der Waals surface area contributed by atoms with Crippen LogP contribution >= 0.6 is 0 Å². The van der Waals surface area contributed by atoms with Crippen molar-refractivity contribution in [1.29, 1.82) is 0 Å². The molecule has 0 atom stereocenters. The van der Waals surface area contributed by atoms with E-state index >= 15 is 0 Å². The number of rotatable bonds is 42. The predicted molar refractivity (Wildman–Crippen MR) is 375 cm³/mol. The third-order valence-electron chi connectivity index (χ3n) is 15.2. The lowest BCUT2D eigenvalue weighted by atomic mass is 10.3. The quantitative estimate of drug-likeness (QED) is 0.0593. The van der Waals surface area contributed by atoms with Gasteiger partial charge < -0.3 is 44.1 Å². The van der Waals surface area contributed by atoms with Gasteiger partial charge in [-0.25, -0.2) is 0 Å². The van der Waals surface area contributed by atoms with Gasteiger partial charge in [0.2, 0.25) is 0 Å². The fraction of sp³-hybridized carbons (Fsp3) is 1.00. The van der Waals surface area contributed by atoms with Gasteiger partial charge in [0.25, 0.3) is 0 Å². The lowest BCUT2D eigenvalue weighted by Crippen LogP contribution is -2.26. The van der Waals surface area contributed by atoms with Crippen molar-refractivity contribution in [1.82, 2.24) is 44.1 Å². The molecular formula is C71H165N9. The summed E-state index contributed by atoms with van der Waals surface area (Å²) in [6.45, 7) is 82.4. The summed E-state index contributed by atoms with van der Waals surface area (Å²) in [4.78, 5) is 22.1. The van der Waals surface area contributed by atoms with Crippen LogP contribution in [-0.4, -0.2) is 222 Å². The predicted octanol–water partition coefficient (Wildman–Crippen LogP) is 18.0. The van der Waals surface area contributed by atoms with E-state index in [2.05, 4.69) is 217 Å². The molecule has 0 unspecified atom stereocenters. The molecule has 9 heteroatoms. The summed E-state index contributed by atoms with van der Waals surface area (Å²) in [5.41, 5.74) is 0. The van der Waals surface area contributed by atoms with Crippen molar-refractivity contribution < 1.29 is 0 Å². The summed E-state index contributed by atoms with van der Waals surface area (Å²) in [6.07, 6.45) is 25.6. The Kier molecular flexibility index (Phi) is 94.2. The molecule has 2 aliphatic carbocycles. The SMILES string of the molecule is CCCCN(C)CC.CCCCN(C)CCC.CCCCN(CC)CCC.CCCCN(CC)CCC.CCCN(CC)CC.CCCN(CC)CC1CC1.CCCN(CC)CCC.CCN(CC)CC.CCN(CC)CC1CC1. The largest absolute Gasteiger partial charge is 0.307 e. The second kappa shape index (κ2) is 80.7. The minimum atomic E-state index is 1.06. The molecular weight excluding hydrogens is 979 g/mol. The standard InChI is InChI=1S/C9H19N.2C9H21N.C8H17N.2C8H19N.2C7H17N.C6H15N/c1-3-7-10(4-2)8-9-5-6-9;2*1-4-7-9-10(6-3)8-5-2;1-3-9(4-2)7-8-5-6-8;1-4-6-8-9(3)7-5-2;1-4-7-9(6-3)8-5-2;1-4-6-7-8(3)5-2;1-4-7-8(5-2)6-3;1-4-7(5-2)6-3/h9H,3-8H2,1-2H3;2*4-9H2,1-3H3;8H,3-7H2,1-2H3;2*4-8H2,1-3H3;2*4-7H2,1-3H3;4-6H2,1-3H3. The Morgan fingerprint density at radius 3 is 0.662 bits per heavy atom. The van der Waals surface area contributed by atoms with Gasteiger partial charge >= 0.3 is 0 Å². The third kappa shape index (κ3) is 81.9. The molecule has 2 aliphatic rings. The van der Waals surface area contributed by atoms with Crippen molar-refractivity contribution in [2.24, 2.45) is 11.8 Å². The van der Waals surface area contributed by atoms with Gasteiger partial charge in [-0.1, -0.05) is 185 Å². The molecule has 0 aliphatic heterocycles. The highest BCUT2D eigenvalue weighted by molar-refractivity contribution is 4.77. The van der Waals surface area contributed by atoms with Crippen LogP contribution in [0.15, 0.2) is 0 Å². The van der Waals surface area contributed by atoms with Gasteiger partial charge in [-0.05, 0) is 273 Å². The van der Waals surface area contributed by atoms with Crippen LogP contribution in [0, 0.1) is 11.8 Å². The molecule has 0 heterocycles. The Morgan fingerprint density at radius 1 is 0.200 bits per heavy atom. The molecule has 80 heavy (non-hydrogen) atoms. The minimum Gasteiger partial charge on any atom is -0.307 e. The molecule has 494 valence electrons. The van der Waals surface area contributed by atoms with Gasteiger partial charge in [0.15, 0.2) is 0 Å². The number of hydrogen-bond donors (Lipinski definition) is 0. The van der Waals surface area contributed by atoms with E-state index < -0.39 is 0 Å². The summed E-state index contributed by atoms with van der Waals surface area (Å²) >= 11 is 0. The highest BCUT2D eigenvalue weighted by Gasteiger charge is 2.23. The van der Waals surface area contributed by atoms with Crippen molar-refractivity contribution in [2.75, 3.05) is 178 Å². The summed E-state index contributed by atoms with van der Waals surface area (Å²) in [7, 11) is 4.36. The number of nitrogens with zero attached hydrogens (tertiary/aromatic N) is 9. The van der Waals surface area contributed by atoms with Gasteiger partial charge in [0.1, 0.15) is 0 Å². The molecule has 2 fully saturated rings. The van der Waals surface area contributed by atoms with Crippen molar-refractivity contribution >= 4 is 0 Å². The highest BCUT2D eigenvalue weighted by atomic mass is 15.1. The molecule has 0 amide bonds. The first kappa shape index (κ1) is 93.3. The second-order valence-corrected chi connectivity index (χ2v) is 22.8. The van der Waals surface area contributed by atoms with Crippen LogP contribution in [0.2, 0.25) is 0 Å². The zero-order valence-electron chi connectivity index (χ0n) is 61.3. The first-order chi connectivity index (χ1) is 38.6. The fourth-order valence-electron chi connectivity index (χ4n) is 8.85. The Bertz CT molecular complexity index is 953. The van der Waals surface area contributed by atoms with Crippen LogP contribution in [0.25, 0.3) is 0 Å². The normalized spacial score (nSPS) is 12.5. The van der Waals surface area contributed by atoms with Gasteiger partial charge in [-0.15, -0.1) is 0 Å². The van der Waals surface area contributed by atoms with Crippen molar-refractivity contribution in [3.05, 3.63) is 0 Å². The molecule has 0 saturated heterocycles. The molecule has 0 N–H and O–H groups in total. The summed E-state index contributed by atoms with van der Waals surface area (Å²) < 4.78 is 0. The van der Waals surface area contributed by atoms with E-state index in [1.165, 1.54) is 286 Å². The van der Waals surface area contributed by atoms with Crippen molar-refractivity contribution in [3.8, 4) is 0 Å². The van der Waals surface area contributed by atoms with Gasteiger partial charge in [0.05, 0.1) is 0 Å². The summed E-state index contributed by atoms with van der Waals surface area (Å²) in [5.74, 6) is 2.12. The van der Waals surface area contributed by atoms with Crippen molar-refractivity contribution in [2.45, 2.75) is 281 Å². The Hall–Kier alpha value is -0.360. The zero-order valence-corrected chi connectivity index (χ0v) is 61.3. The highest BCUT2D eigenvalue weighted by Crippen LogP contribution is 2.30. The average molecular weight is 1150 g/mol. The maximum Gasteiger partial charge on any atom is 0.000954 e. The molecule has 0 aromatic rings. The Balaban J connectivity index is -0.000000150. The molecule has 9 nitrogen and oxygen atoms in total. The third-order valence-corrected chi connectivity index (χ3v) is 15.2. The van der Waals surface area contributed by atoms with E-state index in [0.29, 0.717) is 0 Å². The molecule has 2 saturated carbocycles. The van der Waals surface area contributed by atoms with Crippen molar-refractivity contribution in [3.63, 3.8) is 0 Å². The topological polar surface area (TPSA) is 29.2 Å². The van der Waals surface area contributed by atoms with Gasteiger partial charge in [-0.2, -0.15) is 0 Å². The van der Waals surface area contributed by atoms with Crippen LogP contribution < -0.4 is 0 Å². The Labute approximate surface area is 512 Å². The monoisotopic (exact) mass is 1140 g/mol. The maximum atomic E-state index is 2.57. The van der Waals surface area contributed by atoms with Crippen LogP contribution in [0.3, 0.4) is 0 Å². The van der Waals surface area contributed by atoms with E-state index in [-0.39, 0.29) is 0 Å². The average Bonchev–Trinajstić information content (AvgIpc) is 4.45. The van der Waals surface area contributed by atoms with Gasteiger partial charge in [0, 0.05) is 13.1 Å². The number of hydrogen-bond acceptors (Lipinski definition) is 9. The first-order valence-electron chi connectivity index (χ1n) is 36.0. The molecule has 2 rings (SSSR count). The number of unbranched alkanes of at least 4 members (excludes halogenated alkanes) is 4. The lowest BCUT2D eigenvalue weighted by molar-refractivity contribution is 0.277. The molecule has 0 aromatic carbocycles. The van der Waals surface area contributed by atoms with Crippen LogP contribution in [0.4, 0.5) is 0 Å². The summed E-state index contributed by atoms with van der Waals surface area (Å²) in [5, 5.41) is 0. The molecule has 0 radical (unpaired) electrons. The smallest absolute Gasteiger partial charge is 0.000954 e. The van der Waals surface area contributed by atoms with E-state index in [0.717, 1.165) is 11.8 Å². The lowest BCUT2D eigenvalue weighted by Gasteiger charge is -2.18. The summed E-state index contributed by atoms with van der Waals surface area (Å²) in [6, 6.07) is 0. The minimum absolute atomic E-state index is 1.06. The first-order valence-corrected chi connectivity index (χ1v) is 36.0. The zero-order chi connectivity index (χ0) is 62.5. The second-order valence-electron chi connectivity index (χ2n) is 22.8. The molecule has 0 aromatic heterocycles. The van der Waals surface area contributed by atoms with Crippen LogP contribution in [0.5, 0.6) is 0 Å². The van der Waals surface area contributed by atoms with E-state index in [1.54, 1.807) is 0 Å². The van der Waals surface area contributed by atoms with E-state index in [9.17, 15) is 0 Å². The molecule has 0 bridgehead atoms. The Morgan fingerprint density at radius 2 is 0.438 bits per heavy atom. The van der Waals surface area contributed by atoms with E-state index in [1.807, 2.05) is 0 Å².